The van der Waals surface area contributed by atoms with Gasteiger partial charge in [-0.15, -0.1) is 0 Å². The highest BCUT2D eigenvalue weighted by atomic mass is 32.2. The minimum atomic E-state index is -3.79. The molecule has 1 aromatic rings. The summed E-state index contributed by atoms with van der Waals surface area (Å²) in [7, 11) is -2.40. The van der Waals surface area contributed by atoms with E-state index >= 15 is 0 Å². The van der Waals surface area contributed by atoms with Crippen LogP contribution in [0.2, 0.25) is 0 Å². The first-order valence-electron chi connectivity index (χ1n) is 10.9. The second-order valence-corrected chi connectivity index (χ2v) is 10.3. The van der Waals surface area contributed by atoms with Crippen LogP contribution >= 0.6 is 0 Å². The predicted molar refractivity (Wildman–Crippen MR) is 115 cm³/mol. The molecule has 1 saturated carbocycles. The van der Waals surface area contributed by atoms with Gasteiger partial charge in [0.25, 0.3) is 5.91 Å². The Hall–Kier alpha value is -2.13. The first-order chi connectivity index (χ1) is 14.7. The van der Waals surface area contributed by atoms with E-state index in [0.29, 0.717) is 19.0 Å². The van der Waals surface area contributed by atoms with Gasteiger partial charge in [0.05, 0.1) is 12.7 Å². The maximum Gasteiger partial charge on any atom is 0.338 e. The number of methoxy groups -OCH3 is 1. The average molecular weight is 453 g/mol. The molecular weight excluding hydrogens is 420 g/mol. The largest absolute Gasteiger partial charge is 0.495 e. The maximum absolute atomic E-state index is 13.0. The number of rotatable bonds is 7. The zero-order valence-electron chi connectivity index (χ0n) is 18.4. The highest BCUT2D eigenvalue weighted by Crippen LogP contribution is 2.30. The van der Waals surface area contributed by atoms with Crippen molar-refractivity contribution in [3.8, 4) is 5.75 Å². The van der Waals surface area contributed by atoms with Crippen molar-refractivity contribution < 1.29 is 27.5 Å². The lowest BCUT2D eigenvalue weighted by molar-refractivity contribution is -0.130. The van der Waals surface area contributed by atoms with Crippen molar-refractivity contribution in [2.45, 2.75) is 69.4 Å². The van der Waals surface area contributed by atoms with E-state index in [4.69, 9.17) is 9.47 Å². The molecule has 1 aromatic carbocycles. The Morgan fingerprint density at radius 1 is 1.13 bits per heavy atom. The predicted octanol–water partition coefficient (Wildman–Crippen LogP) is 2.72. The van der Waals surface area contributed by atoms with Gasteiger partial charge in [-0.25, -0.2) is 13.2 Å². The van der Waals surface area contributed by atoms with Gasteiger partial charge in [0.15, 0.2) is 6.10 Å². The van der Waals surface area contributed by atoms with Crippen molar-refractivity contribution in [3.63, 3.8) is 0 Å². The molecule has 1 N–H and O–H groups in total. The third-order valence-corrected chi connectivity index (χ3v) is 8.09. The van der Waals surface area contributed by atoms with Crippen molar-refractivity contribution in [3.05, 3.63) is 23.8 Å². The number of carbonyl (C=O) groups is 2. The minimum Gasteiger partial charge on any atom is -0.495 e. The number of carbonyl (C=O) groups excluding carboxylic acids is 2. The van der Waals surface area contributed by atoms with Gasteiger partial charge in [-0.2, -0.15) is 4.31 Å². The topological polar surface area (TPSA) is 102 Å². The molecule has 0 bridgehead atoms. The first kappa shape index (κ1) is 23.5. The van der Waals surface area contributed by atoms with E-state index in [1.165, 1.54) is 36.5 Å². The van der Waals surface area contributed by atoms with Crippen LogP contribution < -0.4 is 10.1 Å². The number of sulfonamides is 1. The number of amides is 1. The minimum absolute atomic E-state index is 0.0595. The van der Waals surface area contributed by atoms with Crippen LogP contribution in [0.25, 0.3) is 0 Å². The molecule has 0 radical (unpaired) electrons. The molecule has 0 aromatic heterocycles. The van der Waals surface area contributed by atoms with Gasteiger partial charge in [-0.05, 0) is 56.7 Å². The lowest BCUT2D eigenvalue weighted by Crippen LogP contribution is -2.46. The summed E-state index contributed by atoms with van der Waals surface area (Å²) >= 11 is 0. The van der Waals surface area contributed by atoms with Gasteiger partial charge >= 0.3 is 5.97 Å². The molecule has 31 heavy (non-hydrogen) atoms. The molecular formula is C22H32N2O6S. The Balaban J connectivity index is 1.71. The zero-order valence-corrected chi connectivity index (χ0v) is 19.2. The summed E-state index contributed by atoms with van der Waals surface area (Å²) in [4.78, 5) is 25.1. The number of nitrogens with one attached hydrogen (secondary N) is 1. The molecule has 0 spiro atoms. The van der Waals surface area contributed by atoms with E-state index in [1.54, 1.807) is 0 Å². The molecule has 1 amide bonds. The van der Waals surface area contributed by atoms with Crippen molar-refractivity contribution >= 4 is 21.9 Å². The summed E-state index contributed by atoms with van der Waals surface area (Å²) in [6.45, 7) is 4.51. The summed E-state index contributed by atoms with van der Waals surface area (Å²) in [5.41, 5.74) is 0.0595. The Labute approximate surface area is 184 Å². The quantitative estimate of drug-likeness (QED) is 0.638. The number of hydrogen-bond donors (Lipinski definition) is 1. The molecule has 172 valence electrons. The third-order valence-electron chi connectivity index (χ3n) is 6.17. The number of esters is 1. The summed E-state index contributed by atoms with van der Waals surface area (Å²) in [6.07, 6.45) is 4.85. The Bertz CT molecular complexity index is 911. The molecule has 3 atom stereocenters. The molecule has 2 aliphatic rings. The fourth-order valence-corrected chi connectivity index (χ4v) is 5.88. The van der Waals surface area contributed by atoms with Gasteiger partial charge in [0.1, 0.15) is 10.6 Å². The molecule has 8 nitrogen and oxygen atoms in total. The number of hydrogen-bond acceptors (Lipinski definition) is 6. The molecule has 1 aliphatic heterocycles. The average Bonchev–Trinajstić information content (AvgIpc) is 3.30. The Morgan fingerprint density at radius 3 is 2.45 bits per heavy atom. The molecule has 1 aliphatic carbocycles. The second-order valence-electron chi connectivity index (χ2n) is 8.40. The lowest BCUT2D eigenvalue weighted by Gasteiger charge is -2.30. The van der Waals surface area contributed by atoms with Gasteiger partial charge in [-0.1, -0.05) is 19.8 Å². The Morgan fingerprint density at radius 2 is 1.81 bits per heavy atom. The van der Waals surface area contributed by atoms with Crippen LogP contribution in [0.15, 0.2) is 23.1 Å². The highest BCUT2D eigenvalue weighted by molar-refractivity contribution is 7.89. The van der Waals surface area contributed by atoms with Crippen LogP contribution in [0.4, 0.5) is 0 Å². The molecule has 2 fully saturated rings. The van der Waals surface area contributed by atoms with Gasteiger partial charge < -0.3 is 14.8 Å². The third kappa shape index (κ3) is 5.38. The normalized spacial score (nSPS) is 23.2. The van der Waals surface area contributed by atoms with Crippen LogP contribution in [0, 0.1) is 5.92 Å². The zero-order chi connectivity index (χ0) is 22.6. The van der Waals surface area contributed by atoms with Crippen molar-refractivity contribution in [1.82, 2.24) is 9.62 Å². The smallest absolute Gasteiger partial charge is 0.338 e. The number of benzene rings is 1. The van der Waals surface area contributed by atoms with E-state index in [1.807, 2.05) is 0 Å². The second kappa shape index (κ2) is 9.99. The lowest BCUT2D eigenvalue weighted by atomic mass is 9.86. The van der Waals surface area contributed by atoms with Crippen LogP contribution in [0.5, 0.6) is 5.75 Å². The van der Waals surface area contributed by atoms with E-state index in [9.17, 15) is 18.0 Å². The highest BCUT2D eigenvalue weighted by Gasteiger charge is 2.31. The molecule has 1 saturated heterocycles. The van der Waals surface area contributed by atoms with E-state index in [2.05, 4.69) is 12.2 Å². The molecule has 3 rings (SSSR count). The van der Waals surface area contributed by atoms with Crippen molar-refractivity contribution in [2.75, 3.05) is 20.2 Å². The van der Waals surface area contributed by atoms with Crippen molar-refractivity contribution in [2.24, 2.45) is 5.92 Å². The van der Waals surface area contributed by atoms with Crippen LogP contribution in [0.3, 0.4) is 0 Å². The summed E-state index contributed by atoms with van der Waals surface area (Å²) in [5, 5.41) is 2.98. The molecule has 1 heterocycles. The van der Waals surface area contributed by atoms with Gasteiger partial charge in [-0.3, -0.25) is 4.79 Å². The van der Waals surface area contributed by atoms with Crippen LogP contribution in [0.1, 0.15) is 62.7 Å². The van der Waals surface area contributed by atoms with E-state index in [-0.39, 0.29) is 28.2 Å². The van der Waals surface area contributed by atoms with Crippen LogP contribution in [-0.4, -0.2) is 56.9 Å². The standard InChI is InChI=1S/C22H32N2O6S/c1-15-8-4-5-9-18(15)23-21(25)16(2)30-22(26)17-10-11-19(29-3)20(14-17)31(27,28)24-12-6-7-13-24/h10-11,14-16,18H,4-9,12-13H2,1-3H3,(H,23,25). The monoisotopic (exact) mass is 452 g/mol. The first-order valence-corrected chi connectivity index (χ1v) is 12.4. The maximum atomic E-state index is 13.0. The number of ether oxygens (including phenoxy) is 2. The summed E-state index contributed by atoms with van der Waals surface area (Å²) in [5.74, 6) is -0.536. The van der Waals surface area contributed by atoms with Crippen molar-refractivity contribution in [1.29, 1.82) is 0 Å². The van der Waals surface area contributed by atoms with Gasteiger partial charge in [0, 0.05) is 19.1 Å². The van der Waals surface area contributed by atoms with E-state index in [0.717, 1.165) is 38.5 Å². The van der Waals surface area contributed by atoms with Crippen LogP contribution in [-0.2, 0) is 19.6 Å². The SMILES string of the molecule is COc1ccc(C(=O)OC(C)C(=O)NC2CCCCC2C)cc1S(=O)(=O)N1CCCC1. The van der Waals surface area contributed by atoms with Gasteiger partial charge in [0.2, 0.25) is 10.0 Å². The molecule has 3 unspecified atom stereocenters. The molecule has 9 heteroatoms. The number of nitrogens with zero attached hydrogens (tertiary/aromatic N) is 1. The van der Waals surface area contributed by atoms with E-state index < -0.39 is 22.1 Å². The summed E-state index contributed by atoms with van der Waals surface area (Å²) < 4.78 is 38.0. The fourth-order valence-electron chi connectivity index (χ4n) is 4.19. The summed E-state index contributed by atoms with van der Waals surface area (Å²) in [6, 6.07) is 4.23. The fraction of sp³-hybridized carbons (Fsp3) is 0.636. The Kier molecular flexibility index (Phi) is 7.59.